The smallest absolute Gasteiger partial charge is 0.252 e. The second-order valence-corrected chi connectivity index (χ2v) is 4.76. The van der Waals surface area contributed by atoms with E-state index in [0.29, 0.717) is 24.6 Å². The molecule has 0 aliphatic rings. The maximum absolute atomic E-state index is 11.8. The summed E-state index contributed by atoms with van der Waals surface area (Å²) in [5, 5.41) is 5.75. The van der Waals surface area contributed by atoms with E-state index in [1.807, 2.05) is 31.2 Å². The van der Waals surface area contributed by atoms with Gasteiger partial charge in [-0.2, -0.15) is 0 Å². The molecular weight excluding hydrogens is 278 g/mol. The topological polar surface area (TPSA) is 92.4 Å². The molecule has 4 N–H and O–H groups in total. The molecule has 0 saturated heterocycles. The van der Waals surface area contributed by atoms with Gasteiger partial charge in [-0.1, -0.05) is 17.7 Å². The lowest BCUT2D eigenvalue weighted by molar-refractivity contribution is 0.0954. The van der Waals surface area contributed by atoms with Crippen molar-refractivity contribution < 1.29 is 4.79 Å². The number of carbonyl (C=O) groups is 1. The minimum Gasteiger partial charge on any atom is -0.370 e. The third-order valence-corrected chi connectivity index (χ3v) is 2.93. The first-order chi connectivity index (χ1) is 10.6. The van der Waals surface area contributed by atoms with Crippen LogP contribution >= 0.6 is 0 Å². The van der Waals surface area contributed by atoms with Crippen LogP contribution in [0.25, 0.3) is 0 Å². The van der Waals surface area contributed by atoms with Crippen molar-refractivity contribution in [1.29, 1.82) is 0 Å². The van der Waals surface area contributed by atoms with Gasteiger partial charge in [-0.15, -0.1) is 0 Å². The molecule has 0 bridgehead atoms. The van der Waals surface area contributed by atoms with Crippen molar-refractivity contribution >= 4 is 17.6 Å². The SMILES string of the molecule is Cc1ccc(NC(N)=NCCNC(=O)c2cccnc2)cc1. The van der Waals surface area contributed by atoms with Gasteiger partial charge in [0.15, 0.2) is 5.96 Å². The fourth-order valence-electron chi connectivity index (χ4n) is 1.77. The van der Waals surface area contributed by atoms with Crippen LogP contribution in [0.15, 0.2) is 53.8 Å². The van der Waals surface area contributed by atoms with Crippen molar-refractivity contribution in [2.45, 2.75) is 6.92 Å². The second-order valence-electron chi connectivity index (χ2n) is 4.76. The van der Waals surface area contributed by atoms with Crippen LogP contribution in [0.2, 0.25) is 0 Å². The summed E-state index contributed by atoms with van der Waals surface area (Å²) >= 11 is 0. The van der Waals surface area contributed by atoms with E-state index in [0.717, 1.165) is 5.69 Å². The van der Waals surface area contributed by atoms with Gasteiger partial charge in [0.1, 0.15) is 0 Å². The largest absolute Gasteiger partial charge is 0.370 e. The Hall–Kier alpha value is -2.89. The number of aliphatic imine (C=N–C) groups is 1. The Morgan fingerprint density at radius 1 is 1.27 bits per heavy atom. The van der Waals surface area contributed by atoms with E-state index in [2.05, 4.69) is 20.6 Å². The lowest BCUT2D eigenvalue weighted by Gasteiger charge is -2.06. The molecule has 1 aromatic carbocycles. The van der Waals surface area contributed by atoms with Crippen molar-refractivity contribution in [1.82, 2.24) is 10.3 Å². The van der Waals surface area contributed by atoms with Gasteiger partial charge in [0.2, 0.25) is 0 Å². The van der Waals surface area contributed by atoms with Gasteiger partial charge in [0.25, 0.3) is 5.91 Å². The van der Waals surface area contributed by atoms with Crippen LogP contribution in [0.5, 0.6) is 0 Å². The number of benzene rings is 1. The number of amides is 1. The van der Waals surface area contributed by atoms with Crippen molar-refractivity contribution in [2.75, 3.05) is 18.4 Å². The predicted octanol–water partition coefficient (Wildman–Crippen LogP) is 1.55. The lowest BCUT2D eigenvalue weighted by atomic mass is 10.2. The molecule has 1 aromatic heterocycles. The average Bonchev–Trinajstić information content (AvgIpc) is 2.54. The third kappa shape index (κ3) is 4.90. The summed E-state index contributed by atoms with van der Waals surface area (Å²) in [4.78, 5) is 19.8. The summed E-state index contributed by atoms with van der Waals surface area (Å²) < 4.78 is 0. The van der Waals surface area contributed by atoms with E-state index in [-0.39, 0.29) is 5.91 Å². The fraction of sp³-hybridized carbons (Fsp3) is 0.188. The molecule has 2 aromatic rings. The van der Waals surface area contributed by atoms with E-state index in [4.69, 9.17) is 5.73 Å². The Bertz CT molecular complexity index is 637. The number of aryl methyl sites for hydroxylation is 1. The van der Waals surface area contributed by atoms with Gasteiger partial charge in [-0.25, -0.2) is 0 Å². The molecule has 6 heteroatoms. The maximum atomic E-state index is 11.8. The average molecular weight is 297 g/mol. The first-order valence-corrected chi connectivity index (χ1v) is 6.97. The van der Waals surface area contributed by atoms with Crippen LogP contribution in [0.3, 0.4) is 0 Å². The van der Waals surface area contributed by atoms with Gasteiger partial charge in [0, 0.05) is 24.6 Å². The van der Waals surface area contributed by atoms with E-state index < -0.39 is 0 Å². The molecule has 1 heterocycles. The Balaban J connectivity index is 1.75. The monoisotopic (exact) mass is 297 g/mol. The zero-order valence-corrected chi connectivity index (χ0v) is 12.4. The molecule has 114 valence electrons. The number of carbonyl (C=O) groups excluding carboxylic acids is 1. The number of nitrogens with zero attached hydrogens (tertiary/aromatic N) is 2. The minimum absolute atomic E-state index is 0.173. The highest BCUT2D eigenvalue weighted by molar-refractivity contribution is 5.94. The number of rotatable bonds is 5. The molecule has 0 aliphatic carbocycles. The van der Waals surface area contributed by atoms with Crippen LogP contribution in [-0.4, -0.2) is 29.9 Å². The molecule has 22 heavy (non-hydrogen) atoms. The number of pyridine rings is 1. The lowest BCUT2D eigenvalue weighted by Crippen LogP contribution is -2.28. The quantitative estimate of drug-likeness (QED) is 0.443. The summed E-state index contributed by atoms with van der Waals surface area (Å²) in [6.45, 7) is 2.83. The number of hydrogen-bond donors (Lipinski definition) is 3. The summed E-state index contributed by atoms with van der Waals surface area (Å²) in [5.41, 5.74) is 8.37. The molecule has 0 atom stereocenters. The van der Waals surface area contributed by atoms with Crippen LogP contribution in [0.4, 0.5) is 5.69 Å². The number of nitrogens with two attached hydrogens (primary N) is 1. The molecule has 2 rings (SSSR count). The highest BCUT2D eigenvalue weighted by Crippen LogP contribution is 2.07. The number of nitrogens with one attached hydrogen (secondary N) is 2. The molecule has 0 aliphatic heterocycles. The molecule has 0 saturated carbocycles. The van der Waals surface area contributed by atoms with E-state index in [9.17, 15) is 4.79 Å². The minimum atomic E-state index is -0.173. The van der Waals surface area contributed by atoms with E-state index >= 15 is 0 Å². The molecule has 0 fully saturated rings. The molecule has 0 unspecified atom stereocenters. The highest BCUT2D eigenvalue weighted by Gasteiger charge is 2.03. The predicted molar refractivity (Wildman–Crippen MR) is 87.9 cm³/mol. The molecule has 6 nitrogen and oxygen atoms in total. The van der Waals surface area contributed by atoms with Crippen LogP contribution in [0.1, 0.15) is 15.9 Å². The normalized spacial score (nSPS) is 11.0. The van der Waals surface area contributed by atoms with Gasteiger partial charge in [-0.3, -0.25) is 14.8 Å². The number of anilines is 1. The first kappa shape index (κ1) is 15.5. The van der Waals surface area contributed by atoms with Gasteiger partial charge < -0.3 is 16.4 Å². The molecule has 1 amide bonds. The summed E-state index contributed by atoms with van der Waals surface area (Å²) in [7, 11) is 0. The van der Waals surface area contributed by atoms with Crippen molar-refractivity contribution in [3.63, 3.8) is 0 Å². The number of guanidine groups is 1. The standard InChI is InChI=1S/C16H19N5O/c1-12-4-6-14(7-5-12)21-16(17)20-10-9-19-15(22)13-3-2-8-18-11-13/h2-8,11H,9-10H2,1H3,(H,19,22)(H3,17,20,21). The number of aromatic nitrogens is 1. The summed E-state index contributed by atoms with van der Waals surface area (Å²) in [5.74, 6) is 0.146. The van der Waals surface area contributed by atoms with Gasteiger partial charge in [0.05, 0.1) is 12.1 Å². The van der Waals surface area contributed by atoms with Gasteiger partial charge in [-0.05, 0) is 31.2 Å². The van der Waals surface area contributed by atoms with Crippen LogP contribution < -0.4 is 16.4 Å². The molecular formula is C16H19N5O. The zero-order chi connectivity index (χ0) is 15.8. The molecule has 0 spiro atoms. The van der Waals surface area contributed by atoms with Gasteiger partial charge >= 0.3 is 0 Å². The Morgan fingerprint density at radius 2 is 2.05 bits per heavy atom. The molecule has 0 radical (unpaired) electrons. The second kappa shape index (κ2) is 7.78. The van der Waals surface area contributed by atoms with Crippen LogP contribution in [0, 0.1) is 6.92 Å². The van der Waals surface area contributed by atoms with E-state index in [1.165, 1.54) is 11.8 Å². The maximum Gasteiger partial charge on any atom is 0.252 e. The fourth-order valence-corrected chi connectivity index (χ4v) is 1.77. The summed E-state index contributed by atoms with van der Waals surface area (Å²) in [6, 6.07) is 11.3. The van der Waals surface area contributed by atoms with Crippen molar-refractivity contribution in [2.24, 2.45) is 10.7 Å². The summed E-state index contributed by atoms with van der Waals surface area (Å²) in [6.07, 6.45) is 3.14. The van der Waals surface area contributed by atoms with Crippen molar-refractivity contribution in [3.8, 4) is 0 Å². The van der Waals surface area contributed by atoms with Crippen LogP contribution in [-0.2, 0) is 0 Å². The highest BCUT2D eigenvalue weighted by atomic mass is 16.1. The first-order valence-electron chi connectivity index (χ1n) is 6.97. The number of hydrogen-bond acceptors (Lipinski definition) is 3. The third-order valence-electron chi connectivity index (χ3n) is 2.93. The van der Waals surface area contributed by atoms with Crippen molar-refractivity contribution in [3.05, 3.63) is 59.9 Å². The zero-order valence-electron chi connectivity index (χ0n) is 12.4. The Labute approximate surface area is 129 Å². The Morgan fingerprint density at radius 3 is 2.73 bits per heavy atom. The Kier molecular flexibility index (Phi) is 5.48. The van der Waals surface area contributed by atoms with E-state index in [1.54, 1.807) is 18.3 Å².